The molecule has 1 heterocycles. The van der Waals surface area contributed by atoms with Gasteiger partial charge in [0.2, 0.25) is 0 Å². The molecule has 0 fully saturated rings. The molecule has 0 atom stereocenters. The minimum atomic E-state index is 0.782. The van der Waals surface area contributed by atoms with Crippen LogP contribution in [0.25, 0.3) is 0 Å². The predicted octanol–water partition coefficient (Wildman–Crippen LogP) is 2.52. The third-order valence-electron chi connectivity index (χ3n) is 2.21. The molecular weight excluding hydrogens is 242 g/mol. The van der Waals surface area contributed by atoms with Gasteiger partial charge in [-0.2, -0.15) is 0 Å². The first kappa shape index (κ1) is 11.5. The fourth-order valence-corrected chi connectivity index (χ4v) is 1.94. The number of hydrogen-bond donors (Lipinski definition) is 1. The topological polar surface area (TPSA) is 37.8 Å². The second kappa shape index (κ2) is 5.94. The van der Waals surface area contributed by atoms with Crippen molar-refractivity contribution >= 4 is 23.1 Å². The molecule has 0 bridgehead atoms. The zero-order chi connectivity index (χ0) is 11.2. The molecule has 16 heavy (non-hydrogen) atoms. The Hall–Kier alpha value is -0.970. The van der Waals surface area contributed by atoms with E-state index < -0.39 is 0 Å². The summed E-state index contributed by atoms with van der Waals surface area (Å²) >= 11 is 7.19. The van der Waals surface area contributed by atoms with Crippen LogP contribution in [0.1, 0.15) is 11.3 Å². The van der Waals surface area contributed by atoms with Crippen molar-refractivity contribution in [3.05, 3.63) is 45.9 Å². The van der Waals surface area contributed by atoms with Crippen molar-refractivity contribution in [3.8, 4) is 0 Å². The molecule has 5 heteroatoms. The van der Waals surface area contributed by atoms with Crippen LogP contribution in [0, 0.1) is 0 Å². The van der Waals surface area contributed by atoms with Crippen molar-refractivity contribution < 1.29 is 0 Å². The third-order valence-corrected chi connectivity index (χ3v) is 3.02. The number of nitrogens with one attached hydrogen (secondary N) is 1. The Balaban J connectivity index is 1.70. The molecule has 0 saturated heterocycles. The van der Waals surface area contributed by atoms with Crippen LogP contribution < -0.4 is 5.32 Å². The predicted molar refractivity (Wildman–Crippen MR) is 66.8 cm³/mol. The molecule has 0 unspecified atom stereocenters. The van der Waals surface area contributed by atoms with Crippen molar-refractivity contribution in [3.63, 3.8) is 0 Å². The van der Waals surface area contributed by atoms with E-state index in [1.54, 1.807) is 0 Å². The highest BCUT2D eigenvalue weighted by atomic mass is 35.5. The first-order valence-electron chi connectivity index (χ1n) is 5.06. The summed E-state index contributed by atoms with van der Waals surface area (Å²) in [6.07, 6.45) is 0.995. The molecule has 0 saturated carbocycles. The molecule has 84 valence electrons. The Bertz CT molecular complexity index is 413. The number of benzene rings is 1. The van der Waals surface area contributed by atoms with Crippen molar-refractivity contribution in [1.82, 2.24) is 14.9 Å². The van der Waals surface area contributed by atoms with Crippen LogP contribution in [-0.2, 0) is 13.0 Å². The maximum atomic E-state index is 5.81. The molecule has 1 aromatic heterocycles. The fraction of sp³-hybridized carbons (Fsp3) is 0.273. The second-order valence-electron chi connectivity index (χ2n) is 3.45. The van der Waals surface area contributed by atoms with Gasteiger partial charge in [0.1, 0.15) is 0 Å². The van der Waals surface area contributed by atoms with Gasteiger partial charge in [-0.15, -0.1) is 5.10 Å². The van der Waals surface area contributed by atoms with Gasteiger partial charge in [-0.1, -0.05) is 28.2 Å². The van der Waals surface area contributed by atoms with E-state index in [1.807, 2.05) is 17.5 Å². The number of hydrogen-bond acceptors (Lipinski definition) is 4. The summed E-state index contributed by atoms with van der Waals surface area (Å²) in [5, 5.41) is 10.0. The standard InChI is InChI=1S/C11H12ClN3S/c12-10-3-1-9(2-4-10)5-6-13-7-11-8-16-15-14-11/h1-4,8,13H,5-7H2. The summed E-state index contributed by atoms with van der Waals surface area (Å²) in [4.78, 5) is 0. The largest absolute Gasteiger partial charge is 0.311 e. The van der Waals surface area contributed by atoms with Crippen LogP contribution in [0.3, 0.4) is 0 Å². The van der Waals surface area contributed by atoms with E-state index in [0.29, 0.717) is 0 Å². The van der Waals surface area contributed by atoms with Gasteiger partial charge in [0.25, 0.3) is 0 Å². The van der Waals surface area contributed by atoms with E-state index in [4.69, 9.17) is 11.6 Å². The molecule has 2 aromatic rings. The number of halogens is 1. The van der Waals surface area contributed by atoms with Crippen molar-refractivity contribution in [2.45, 2.75) is 13.0 Å². The first-order valence-corrected chi connectivity index (χ1v) is 6.27. The molecular formula is C11H12ClN3S. The molecule has 2 rings (SSSR count). The van der Waals surface area contributed by atoms with Crippen LogP contribution >= 0.6 is 23.1 Å². The Morgan fingerprint density at radius 1 is 1.25 bits per heavy atom. The van der Waals surface area contributed by atoms with E-state index in [0.717, 1.165) is 30.2 Å². The SMILES string of the molecule is Clc1ccc(CCNCc2csnn2)cc1. The van der Waals surface area contributed by atoms with Crippen LogP contribution in [0.2, 0.25) is 5.02 Å². The van der Waals surface area contributed by atoms with E-state index in [-0.39, 0.29) is 0 Å². The van der Waals surface area contributed by atoms with E-state index >= 15 is 0 Å². The molecule has 1 aromatic carbocycles. The summed E-state index contributed by atoms with van der Waals surface area (Å²) in [5.74, 6) is 0. The Morgan fingerprint density at radius 3 is 2.75 bits per heavy atom. The average molecular weight is 254 g/mol. The van der Waals surface area contributed by atoms with Crippen LogP contribution in [0.4, 0.5) is 0 Å². The highest BCUT2D eigenvalue weighted by Crippen LogP contribution is 2.09. The molecule has 0 aliphatic heterocycles. The molecule has 0 aliphatic rings. The minimum absolute atomic E-state index is 0.782. The summed E-state index contributed by atoms with van der Waals surface area (Å²) < 4.78 is 3.81. The van der Waals surface area contributed by atoms with Crippen LogP contribution in [0.5, 0.6) is 0 Å². The van der Waals surface area contributed by atoms with Crippen molar-refractivity contribution in [2.24, 2.45) is 0 Å². The Kier molecular flexibility index (Phi) is 4.27. The van der Waals surface area contributed by atoms with Crippen LogP contribution in [0.15, 0.2) is 29.6 Å². The molecule has 3 nitrogen and oxygen atoms in total. The highest BCUT2D eigenvalue weighted by Gasteiger charge is 1.96. The molecule has 0 spiro atoms. The van der Waals surface area contributed by atoms with Gasteiger partial charge in [0.15, 0.2) is 0 Å². The van der Waals surface area contributed by atoms with Crippen molar-refractivity contribution in [2.75, 3.05) is 6.54 Å². The average Bonchev–Trinajstić information content (AvgIpc) is 2.80. The number of aromatic nitrogens is 2. The molecule has 1 N–H and O–H groups in total. The lowest BCUT2D eigenvalue weighted by Gasteiger charge is -2.02. The molecule has 0 radical (unpaired) electrons. The quantitative estimate of drug-likeness (QED) is 0.833. The summed E-state index contributed by atoms with van der Waals surface area (Å²) in [6.45, 7) is 1.71. The van der Waals surface area contributed by atoms with Crippen LogP contribution in [-0.4, -0.2) is 16.1 Å². The maximum absolute atomic E-state index is 5.81. The fourth-order valence-electron chi connectivity index (χ4n) is 1.36. The van der Waals surface area contributed by atoms with Gasteiger partial charge in [0, 0.05) is 16.9 Å². The second-order valence-corrected chi connectivity index (χ2v) is 4.50. The van der Waals surface area contributed by atoms with Gasteiger partial charge in [-0.3, -0.25) is 0 Å². The van der Waals surface area contributed by atoms with Crippen molar-refractivity contribution in [1.29, 1.82) is 0 Å². The summed E-state index contributed by atoms with van der Waals surface area (Å²) in [7, 11) is 0. The van der Waals surface area contributed by atoms with E-state index in [2.05, 4.69) is 27.0 Å². The zero-order valence-electron chi connectivity index (χ0n) is 8.69. The number of nitrogens with zero attached hydrogens (tertiary/aromatic N) is 2. The van der Waals surface area contributed by atoms with Gasteiger partial charge in [-0.05, 0) is 42.2 Å². The van der Waals surface area contributed by atoms with E-state index in [1.165, 1.54) is 17.1 Å². The smallest absolute Gasteiger partial charge is 0.0893 e. The lowest BCUT2D eigenvalue weighted by atomic mass is 10.1. The Morgan fingerprint density at radius 2 is 2.06 bits per heavy atom. The van der Waals surface area contributed by atoms with Gasteiger partial charge < -0.3 is 5.32 Å². The lowest BCUT2D eigenvalue weighted by molar-refractivity contribution is 0.673. The normalized spacial score (nSPS) is 10.6. The van der Waals surface area contributed by atoms with Gasteiger partial charge >= 0.3 is 0 Å². The third kappa shape index (κ3) is 3.56. The first-order chi connectivity index (χ1) is 7.84. The Labute approximate surface area is 104 Å². The van der Waals surface area contributed by atoms with E-state index in [9.17, 15) is 0 Å². The monoisotopic (exact) mass is 253 g/mol. The summed E-state index contributed by atoms with van der Waals surface area (Å²) in [6, 6.07) is 7.94. The molecule has 0 aliphatic carbocycles. The number of rotatable bonds is 5. The van der Waals surface area contributed by atoms with Gasteiger partial charge in [0.05, 0.1) is 5.69 Å². The van der Waals surface area contributed by atoms with Gasteiger partial charge in [-0.25, -0.2) is 0 Å². The summed E-state index contributed by atoms with van der Waals surface area (Å²) in [5.41, 5.74) is 2.29. The zero-order valence-corrected chi connectivity index (χ0v) is 10.3. The highest BCUT2D eigenvalue weighted by molar-refractivity contribution is 7.03. The molecule has 0 amide bonds. The maximum Gasteiger partial charge on any atom is 0.0893 e. The minimum Gasteiger partial charge on any atom is -0.311 e. The lowest BCUT2D eigenvalue weighted by Crippen LogP contribution is -2.16.